The number of carbonyl (C=O) groups is 1. The molecule has 118 valence electrons. The van der Waals surface area contributed by atoms with Gasteiger partial charge in [-0.2, -0.15) is 0 Å². The minimum Gasteiger partial charge on any atom is -0.379 e. The number of nitrogens with two attached hydrogens (primary N) is 1. The van der Waals surface area contributed by atoms with Crippen LogP contribution in [0.3, 0.4) is 0 Å². The highest BCUT2D eigenvalue weighted by Gasteiger charge is 2.62. The second-order valence-corrected chi connectivity index (χ2v) is 6.57. The van der Waals surface area contributed by atoms with E-state index in [9.17, 15) is 4.79 Å². The quantitative estimate of drug-likeness (QED) is 0.660. The number of amides is 1. The molecule has 0 spiro atoms. The fourth-order valence-corrected chi connectivity index (χ4v) is 2.53. The molecule has 0 radical (unpaired) electrons. The Morgan fingerprint density at radius 2 is 2.10 bits per heavy atom. The van der Waals surface area contributed by atoms with E-state index < -0.39 is 5.54 Å². The van der Waals surface area contributed by atoms with Gasteiger partial charge in [0.2, 0.25) is 5.91 Å². The maximum absolute atomic E-state index is 12.3. The van der Waals surface area contributed by atoms with E-state index in [0.29, 0.717) is 38.7 Å². The molecule has 2 atom stereocenters. The van der Waals surface area contributed by atoms with Crippen LogP contribution in [0.1, 0.15) is 41.0 Å². The molecule has 5 nitrogen and oxygen atoms in total. The fraction of sp³-hybridized carbons (Fsp3) is 0.933. The summed E-state index contributed by atoms with van der Waals surface area (Å²) in [6, 6.07) is 0. The molecule has 0 bridgehead atoms. The Morgan fingerprint density at radius 1 is 1.45 bits per heavy atom. The highest BCUT2D eigenvalue weighted by molar-refractivity contribution is 5.88. The molecule has 1 aliphatic rings. The van der Waals surface area contributed by atoms with Crippen molar-refractivity contribution in [2.75, 3.05) is 26.4 Å². The van der Waals surface area contributed by atoms with Crippen molar-refractivity contribution in [3.05, 3.63) is 0 Å². The third-order valence-corrected chi connectivity index (χ3v) is 4.22. The molecule has 1 aliphatic carbocycles. The van der Waals surface area contributed by atoms with Crippen molar-refractivity contribution < 1.29 is 14.3 Å². The van der Waals surface area contributed by atoms with Crippen molar-refractivity contribution in [2.45, 2.75) is 52.7 Å². The topological polar surface area (TPSA) is 73.6 Å². The lowest BCUT2D eigenvalue weighted by Gasteiger charge is -2.57. The molecule has 0 aromatic rings. The summed E-state index contributed by atoms with van der Waals surface area (Å²) in [7, 11) is 0. The molecule has 0 heterocycles. The summed E-state index contributed by atoms with van der Waals surface area (Å²) in [5.74, 6) is 0.399. The van der Waals surface area contributed by atoms with Crippen LogP contribution in [-0.2, 0) is 14.3 Å². The number of nitrogens with one attached hydrogen (secondary N) is 1. The molecule has 0 saturated heterocycles. The van der Waals surface area contributed by atoms with Crippen LogP contribution in [0.15, 0.2) is 0 Å². The van der Waals surface area contributed by atoms with Gasteiger partial charge in [0.15, 0.2) is 0 Å². The second kappa shape index (κ2) is 6.87. The van der Waals surface area contributed by atoms with E-state index >= 15 is 0 Å². The number of ether oxygens (including phenoxy) is 2. The Hall–Kier alpha value is -0.650. The number of rotatable bonds is 8. The molecule has 2 unspecified atom stereocenters. The van der Waals surface area contributed by atoms with E-state index in [1.807, 2.05) is 20.8 Å². The summed E-state index contributed by atoms with van der Waals surface area (Å²) in [4.78, 5) is 12.3. The monoisotopic (exact) mass is 286 g/mol. The van der Waals surface area contributed by atoms with Crippen molar-refractivity contribution >= 4 is 5.91 Å². The van der Waals surface area contributed by atoms with Gasteiger partial charge >= 0.3 is 0 Å². The van der Waals surface area contributed by atoms with Crippen LogP contribution in [0.25, 0.3) is 0 Å². The standard InChI is InChI=1S/C15H30N2O3/c1-6-20-12-9-15(16,14(12,4)5)13(18)17-7-8-19-10-11(2)3/h11-12H,6-10,16H2,1-5H3,(H,17,18). The average molecular weight is 286 g/mol. The van der Waals surface area contributed by atoms with E-state index in [-0.39, 0.29) is 17.4 Å². The number of hydrogen-bond donors (Lipinski definition) is 2. The van der Waals surface area contributed by atoms with Crippen molar-refractivity contribution in [1.29, 1.82) is 0 Å². The SMILES string of the molecule is CCOC1CC(N)(C(=O)NCCOCC(C)C)C1(C)C. The predicted octanol–water partition coefficient (Wildman–Crippen LogP) is 1.31. The highest BCUT2D eigenvalue weighted by atomic mass is 16.5. The Labute approximate surface area is 122 Å². The largest absolute Gasteiger partial charge is 0.379 e. The molecule has 1 saturated carbocycles. The molecular weight excluding hydrogens is 256 g/mol. The van der Waals surface area contributed by atoms with Gasteiger partial charge in [-0.1, -0.05) is 27.7 Å². The van der Waals surface area contributed by atoms with E-state index in [0.717, 1.165) is 0 Å². The lowest BCUT2D eigenvalue weighted by molar-refractivity contribution is -0.170. The maximum atomic E-state index is 12.3. The zero-order chi connectivity index (χ0) is 15.4. The molecule has 0 aliphatic heterocycles. The Bertz CT molecular complexity index is 331. The molecule has 1 amide bonds. The van der Waals surface area contributed by atoms with Crippen molar-refractivity contribution in [2.24, 2.45) is 17.1 Å². The molecule has 20 heavy (non-hydrogen) atoms. The van der Waals surface area contributed by atoms with Gasteiger partial charge in [-0.25, -0.2) is 0 Å². The van der Waals surface area contributed by atoms with Gasteiger partial charge in [-0.05, 0) is 12.8 Å². The van der Waals surface area contributed by atoms with Gasteiger partial charge in [0.05, 0.1) is 12.7 Å². The van der Waals surface area contributed by atoms with Gasteiger partial charge in [0.1, 0.15) is 5.54 Å². The third kappa shape index (κ3) is 3.51. The summed E-state index contributed by atoms with van der Waals surface area (Å²) < 4.78 is 11.1. The van der Waals surface area contributed by atoms with E-state index in [1.165, 1.54) is 0 Å². The van der Waals surface area contributed by atoms with Crippen LogP contribution in [-0.4, -0.2) is 43.9 Å². The summed E-state index contributed by atoms with van der Waals surface area (Å²) in [6.07, 6.45) is 0.632. The normalized spacial score (nSPS) is 28.2. The van der Waals surface area contributed by atoms with Gasteiger partial charge < -0.3 is 20.5 Å². The molecule has 0 aromatic carbocycles. The van der Waals surface area contributed by atoms with Crippen molar-refractivity contribution in [3.63, 3.8) is 0 Å². The fourth-order valence-electron chi connectivity index (χ4n) is 2.53. The van der Waals surface area contributed by atoms with Crippen LogP contribution in [0.2, 0.25) is 0 Å². The van der Waals surface area contributed by atoms with Crippen LogP contribution in [0, 0.1) is 11.3 Å². The molecule has 3 N–H and O–H groups in total. The van der Waals surface area contributed by atoms with Crippen LogP contribution in [0.5, 0.6) is 0 Å². The minimum absolute atomic E-state index is 0.0560. The van der Waals surface area contributed by atoms with Crippen LogP contribution in [0.4, 0.5) is 0 Å². The first-order valence-corrected chi connectivity index (χ1v) is 7.52. The molecule has 5 heteroatoms. The second-order valence-electron chi connectivity index (χ2n) is 6.57. The van der Waals surface area contributed by atoms with Crippen LogP contribution >= 0.6 is 0 Å². The summed E-state index contributed by atoms with van der Waals surface area (Å²) in [5.41, 5.74) is 5.09. The Balaban J connectivity index is 2.36. The minimum atomic E-state index is -0.842. The molecule has 1 fully saturated rings. The van der Waals surface area contributed by atoms with Gasteiger partial charge in [-0.3, -0.25) is 4.79 Å². The highest BCUT2D eigenvalue weighted by Crippen LogP contribution is 2.49. The van der Waals surface area contributed by atoms with E-state index in [4.69, 9.17) is 15.2 Å². The molecular formula is C15H30N2O3. The summed E-state index contributed by atoms with van der Waals surface area (Å²) >= 11 is 0. The van der Waals surface area contributed by atoms with Crippen molar-refractivity contribution in [3.8, 4) is 0 Å². The first-order chi connectivity index (χ1) is 9.25. The maximum Gasteiger partial charge on any atom is 0.240 e. The summed E-state index contributed by atoms with van der Waals surface area (Å²) in [6.45, 7) is 12.5. The summed E-state index contributed by atoms with van der Waals surface area (Å²) in [5, 5.41) is 2.87. The smallest absolute Gasteiger partial charge is 0.240 e. The van der Waals surface area contributed by atoms with E-state index in [1.54, 1.807) is 0 Å². The van der Waals surface area contributed by atoms with Crippen LogP contribution < -0.4 is 11.1 Å². The van der Waals surface area contributed by atoms with E-state index in [2.05, 4.69) is 19.2 Å². The Morgan fingerprint density at radius 3 is 2.60 bits per heavy atom. The zero-order valence-corrected chi connectivity index (χ0v) is 13.5. The van der Waals surface area contributed by atoms with Gasteiger partial charge in [0.25, 0.3) is 0 Å². The zero-order valence-electron chi connectivity index (χ0n) is 13.5. The first kappa shape index (κ1) is 17.4. The van der Waals surface area contributed by atoms with Crippen molar-refractivity contribution in [1.82, 2.24) is 5.32 Å². The number of hydrogen-bond acceptors (Lipinski definition) is 4. The van der Waals surface area contributed by atoms with Gasteiger partial charge in [0, 0.05) is 31.6 Å². The number of carbonyl (C=O) groups excluding carboxylic acids is 1. The average Bonchev–Trinajstić information content (AvgIpc) is 2.37. The van der Waals surface area contributed by atoms with Gasteiger partial charge in [-0.15, -0.1) is 0 Å². The third-order valence-electron chi connectivity index (χ3n) is 4.22. The first-order valence-electron chi connectivity index (χ1n) is 7.52. The lowest BCUT2D eigenvalue weighted by atomic mass is 9.54. The predicted molar refractivity (Wildman–Crippen MR) is 79.4 cm³/mol. The Kier molecular flexibility index (Phi) is 5.98. The lowest BCUT2D eigenvalue weighted by Crippen LogP contribution is -2.75. The molecule has 1 rings (SSSR count). The molecule has 0 aromatic heterocycles.